The number of carbonyl (C=O) groups is 2. The third kappa shape index (κ3) is 5.46. The van der Waals surface area contributed by atoms with Crippen LogP contribution < -0.4 is 11.1 Å². The fourth-order valence-electron chi connectivity index (χ4n) is 3.38. The molecule has 0 aromatic heterocycles. The number of ether oxygens (including phenoxy) is 1. The second kappa shape index (κ2) is 9.42. The zero-order chi connectivity index (χ0) is 18.2. The number of hydrogen-bond donors (Lipinski definition) is 2. The van der Waals surface area contributed by atoms with E-state index in [0.29, 0.717) is 6.54 Å². The average molecular weight is 347 g/mol. The number of alkyl carbamates (subject to hydrolysis) is 1. The lowest BCUT2D eigenvalue weighted by Crippen LogP contribution is -2.57. The second-order valence-corrected chi connectivity index (χ2v) is 6.58. The number of amides is 2. The van der Waals surface area contributed by atoms with Crippen molar-refractivity contribution in [2.45, 2.75) is 64.3 Å². The van der Waals surface area contributed by atoms with E-state index in [1.165, 1.54) is 0 Å². The summed E-state index contributed by atoms with van der Waals surface area (Å²) >= 11 is 0. The second-order valence-electron chi connectivity index (χ2n) is 6.58. The van der Waals surface area contributed by atoms with Gasteiger partial charge in [0.1, 0.15) is 6.61 Å². The van der Waals surface area contributed by atoms with Gasteiger partial charge in [0.25, 0.3) is 0 Å². The Kier molecular flexibility index (Phi) is 7.25. The minimum atomic E-state index is -0.535. The molecule has 0 bridgehead atoms. The summed E-state index contributed by atoms with van der Waals surface area (Å²) in [6, 6.07) is 8.91. The van der Waals surface area contributed by atoms with Gasteiger partial charge in [0.2, 0.25) is 5.91 Å². The topological polar surface area (TPSA) is 84.7 Å². The SMILES string of the molecule is CCN(C(=O)[C@H](C)N)C1CCCCC1NC(=O)OCc1ccccc1. The highest BCUT2D eigenvalue weighted by molar-refractivity contribution is 5.81. The molecular weight excluding hydrogens is 318 g/mol. The van der Waals surface area contributed by atoms with E-state index in [0.717, 1.165) is 31.2 Å². The summed E-state index contributed by atoms with van der Waals surface area (Å²) in [4.78, 5) is 26.4. The molecule has 1 aliphatic carbocycles. The van der Waals surface area contributed by atoms with Crippen molar-refractivity contribution in [1.29, 1.82) is 0 Å². The predicted octanol–water partition coefficient (Wildman–Crippen LogP) is 2.42. The minimum absolute atomic E-state index is 0.0264. The van der Waals surface area contributed by atoms with E-state index in [2.05, 4.69) is 5.32 Å². The summed E-state index contributed by atoms with van der Waals surface area (Å²) < 4.78 is 5.32. The summed E-state index contributed by atoms with van der Waals surface area (Å²) in [5.74, 6) is -0.0705. The van der Waals surface area contributed by atoms with Crippen LogP contribution in [0.5, 0.6) is 0 Å². The molecule has 2 amide bonds. The molecule has 1 fully saturated rings. The fraction of sp³-hybridized carbons (Fsp3) is 0.579. The van der Waals surface area contributed by atoms with Gasteiger partial charge in [-0.05, 0) is 32.3 Å². The smallest absolute Gasteiger partial charge is 0.407 e. The first kappa shape index (κ1) is 19.2. The highest BCUT2D eigenvalue weighted by atomic mass is 16.5. The Hall–Kier alpha value is -2.08. The molecule has 0 heterocycles. The molecule has 138 valence electrons. The number of nitrogens with zero attached hydrogens (tertiary/aromatic N) is 1. The van der Waals surface area contributed by atoms with Gasteiger partial charge in [-0.15, -0.1) is 0 Å². The Morgan fingerprint density at radius 1 is 1.28 bits per heavy atom. The largest absolute Gasteiger partial charge is 0.445 e. The van der Waals surface area contributed by atoms with Crippen molar-refractivity contribution < 1.29 is 14.3 Å². The lowest BCUT2D eigenvalue weighted by Gasteiger charge is -2.40. The monoisotopic (exact) mass is 347 g/mol. The van der Waals surface area contributed by atoms with Crippen LogP contribution in [0.25, 0.3) is 0 Å². The van der Waals surface area contributed by atoms with Crippen molar-refractivity contribution in [2.75, 3.05) is 6.54 Å². The Bertz CT molecular complexity index is 562. The Morgan fingerprint density at radius 2 is 1.96 bits per heavy atom. The van der Waals surface area contributed by atoms with Crippen LogP contribution in [0.1, 0.15) is 45.1 Å². The van der Waals surface area contributed by atoms with E-state index in [4.69, 9.17) is 10.5 Å². The van der Waals surface area contributed by atoms with Gasteiger partial charge in [-0.1, -0.05) is 43.2 Å². The summed E-state index contributed by atoms with van der Waals surface area (Å²) in [6.07, 6.45) is 3.35. The van der Waals surface area contributed by atoms with Crippen LogP contribution in [0.15, 0.2) is 30.3 Å². The molecule has 0 radical (unpaired) electrons. The molecular formula is C19H29N3O3. The number of nitrogens with two attached hydrogens (primary N) is 1. The van der Waals surface area contributed by atoms with E-state index >= 15 is 0 Å². The molecule has 3 atom stereocenters. The molecule has 6 heteroatoms. The molecule has 0 saturated heterocycles. The Morgan fingerprint density at radius 3 is 2.60 bits per heavy atom. The normalized spacial score (nSPS) is 21.2. The first-order chi connectivity index (χ1) is 12.0. The van der Waals surface area contributed by atoms with Crippen LogP contribution in [0.4, 0.5) is 4.79 Å². The first-order valence-electron chi connectivity index (χ1n) is 9.06. The quantitative estimate of drug-likeness (QED) is 0.828. The molecule has 2 rings (SSSR count). The summed E-state index contributed by atoms with van der Waals surface area (Å²) in [5.41, 5.74) is 6.72. The van der Waals surface area contributed by atoms with Gasteiger partial charge >= 0.3 is 6.09 Å². The summed E-state index contributed by atoms with van der Waals surface area (Å²) in [6.45, 7) is 4.46. The standard InChI is InChI=1S/C19H29N3O3/c1-3-22(18(23)14(2)20)17-12-8-7-11-16(17)21-19(24)25-13-15-9-5-4-6-10-15/h4-6,9-10,14,16-17H,3,7-8,11-13,20H2,1-2H3,(H,21,24)/t14-,16?,17?/m0/s1. The van der Waals surface area contributed by atoms with Crippen LogP contribution in [-0.4, -0.2) is 41.6 Å². The Balaban J connectivity index is 1.95. The lowest BCUT2D eigenvalue weighted by molar-refractivity contribution is -0.135. The van der Waals surface area contributed by atoms with Crippen molar-refractivity contribution in [1.82, 2.24) is 10.2 Å². The molecule has 3 N–H and O–H groups in total. The third-order valence-corrected chi connectivity index (χ3v) is 4.66. The molecule has 0 spiro atoms. The number of nitrogens with one attached hydrogen (secondary N) is 1. The molecule has 25 heavy (non-hydrogen) atoms. The molecule has 1 aromatic rings. The number of likely N-dealkylation sites (N-methyl/N-ethyl adjacent to an activating group) is 1. The van der Waals surface area contributed by atoms with E-state index < -0.39 is 12.1 Å². The molecule has 1 aromatic carbocycles. The van der Waals surface area contributed by atoms with Crippen molar-refractivity contribution in [3.05, 3.63) is 35.9 Å². The Labute approximate surface area is 149 Å². The number of hydrogen-bond acceptors (Lipinski definition) is 4. The first-order valence-corrected chi connectivity index (χ1v) is 9.06. The van der Waals surface area contributed by atoms with E-state index in [1.54, 1.807) is 11.8 Å². The van der Waals surface area contributed by atoms with Gasteiger partial charge < -0.3 is 20.7 Å². The minimum Gasteiger partial charge on any atom is -0.445 e. The number of rotatable bonds is 6. The van der Waals surface area contributed by atoms with E-state index in [9.17, 15) is 9.59 Å². The average Bonchev–Trinajstić information content (AvgIpc) is 2.62. The van der Waals surface area contributed by atoms with Crippen LogP contribution >= 0.6 is 0 Å². The zero-order valence-electron chi connectivity index (χ0n) is 15.1. The van der Waals surface area contributed by atoms with Gasteiger partial charge in [-0.3, -0.25) is 4.79 Å². The van der Waals surface area contributed by atoms with Crippen LogP contribution in [0.2, 0.25) is 0 Å². The van der Waals surface area contributed by atoms with E-state index in [1.807, 2.05) is 37.3 Å². The zero-order valence-corrected chi connectivity index (χ0v) is 15.1. The third-order valence-electron chi connectivity index (χ3n) is 4.66. The highest BCUT2D eigenvalue weighted by Crippen LogP contribution is 2.24. The highest BCUT2D eigenvalue weighted by Gasteiger charge is 2.34. The number of benzene rings is 1. The number of carbonyl (C=O) groups excluding carboxylic acids is 2. The molecule has 1 aliphatic rings. The molecule has 1 saturated carbocycles. The molecule has 2 unspecified atom stereocenters. The predicted molar refractivity (Wildman–Crippen MR) is 96.8 cm³/mol. The van der Waals surface area contributed by atoms with Crippen LogP contribution in [0.3, 0.4) is 0 Å². The van der Waals surface area contributed by atoms with Crippen molar-refractivity contribution in [2.24, 2.45) is 5.73 Å². The van der Waals surface area contributed by atoms with Gasteiger partial charge in [0.05, 0.1) is 18.1 Å². The van der Waals surface area contributed by atoms with Gasteiger partial charge in [0.15, 0.2) is 0 Å². The van der Waals surface area contributed by atoms with Crippen molar-refractivity contribution >= 4 is 12.0 Å². The van der Waals surface area contributed by atoms with Gasteiger partial charge in [0, 0.05) is 6.54 Å². The maximum absolute atomic E-state index is 12.4. The van der Waals surface area contributed by atoms with E-state index in [-0.39, 0.29) is 24.6 Å². The fourth-order valence-corrected chi connectivity index (χ4v) is 3.38. The lowest BCUT2D eigenvalue weighted by atomic mass is 9.89. The summed E-state index contributed by atoms with van der Waals surface area (Å²) in [7, 11) is 0. The van der Waals surface area contributed by atoms with Crippen molar-refractivity contribution in [3.63, 3.8) is 0 Å². The maximum atomic E-state index is 12.4. The van der Waals surface area contributed by atoms with Crippen LogP contribution in [0, 0.1) is 0 Å². The van der Waals surface area contributed by atoms with Crippen LogP contribution in [-0.2, 0) is 16.1 Å². The van der Waals surface area contributed by atoms with Gasteiger partial charge in [-0.25, -0.2) is 4.79 Å². The molecule has 6 nitrogen and oxygen atoms in total. The van der Waals surface area contributed by atoms with Gasteiger partial charge in [-0.2, -0.15) is 0 Å². The maximum Gasteiger partial charge on any atom is 0.407 e. The summed E-state index contributed by atoms with van der Waals surface area (Å²) in [5, 5.41) is 2.95. The molecule has 0 aliphatic heterocycles. The van der Waals surface area contributed by atoms with Crippen molar-refractivity contribution in [3.8, 4) is 0 Å².